The maximum absolute atomic E-state index is 11.7. The molecule has 5 nitrogen and oxygen atoms in total. The topological polar surface area (TPSA) is 47.4 Å². The van der Waals surface area contributed by atoms with Crippen LogP contribution < -0.4 is 9.64 Å². The summed E-state index contributed by atoms with van der Waals surface area (Å²) in [5.74, 6) is 0.930. The molecule has 2 heterocycles. The molecule has 0 spiro atoms. The van der Waals surface area contributed by atoms with E-state index in [0.717, 1.165) is 30.1 Å². The van der Waals surface area contributed by atoms with E-state index in [1.54, 1.807) is 17.8 Å². The van der Waals surface area contributed by atoms with Gasteiger partial charge in [0.2, 0.25) is 5.91 Å². The van der Waals surface area contributed by atoms with Crippen LogP contribution in [0, 0.1) is 0 Å². The molecule has 1 amide bonds. The minimum Gasteiger partial charge on any atom is -0.487 e. The van der Waals surface area contributed by atoms with Crippen molar-refractivity contribution in [2.45, 2.75) is 19.4 Å². The van der Waals surface area contributed by atoms with Gasteiger partial charge in [0.15, 0.2) is 0 Å². The van der Waals surface area contributed by atoms with E-state index in [-0.39, 0.29) is 5.91 Å². The largest absolute Gasteiger partial charge is 0.487 e. The number of halogens is 1. The second-order valence-electron chi connectivity index (χ2n) is 5.01. The lowest BCUT2D eigenvalue weighted by Gasteiger charge is -2.15. The van der Waals surface area contributed by atoms with Gasteiger partial charge in [-0.3, -0.25) is 9.48 Å². The Bertz CT molecular complexity index is 632. The second-order valence-corrected chi connectivity index (χ2v) is 5.40. The molecule has 6 heteroatoms. The molecule has 2 aromatic rings. The number of hydrogen-bond donors (Lipinski definition) is 0. The van der Waals surface area contributed by atoms with Gasteiger partial charge in [-0.25, -0.2) is 0 Å². The van der Waals surface area contributed by atoms with E-state index >= 15 is 0 Å². The molecule has 1 aromatic heterocycles. The maximum atomic E-state index is 11.7. The molecule has 0 radical (unpaired) electrons. The fraction of sp³-hybridized carbons (Fsp3) is 0.333. The average Bonchev–Trinajstić information content (AvgIpc) is 3.04. The number of hydrogen-bond acceptors (Lipinski definition) is 3. The first kappa shape index (κ1) is 13.9. The van der Waals surface area contributed by atoms with Crippen LogP contribution in [0.4, 0.5) is 5.69 Å². The second kappa shape index (κ2) is 5.77. The first-order valence-electron chi connectivity index (χ1n) is 6.85. The minimum absolute atomic E-state index is 0.187. The Morgan fingerprint density at radius 1 is 1.33 bits per heavy atom. The number of amides is 1. The number of carbonyl (C=O) groups excluding carboxylic acids is 1. The van der Waals surface area contributed by atoms with Crippen LogP contribution in [0.25, 0.3) is 0 Å². The van der Waals surface area contributed by atoms with E-state index in [1.807, 2.05) is 29.2 Å². The summed E-state index contributed by atoms with van der Waals surface area (Å²) in [6, 6.07) is 9.32. The number of aryl methyl sites for hydroxylation is 1. The number of nitrogens with zero attached hydrogens (tertiary/aromatic N) is 3. The Hall–Kier alpha value is -2.01. The molecule has 110 valence electrons. The number of carbonyl (C=O) groups is 1. The Labute approximate surface area is 128 Å². The quantitative estimate of drug-likeness (QED) is 0.872. The highest BCUT2D eigenvalue weighted by Gasteiger charge is 2.21. The first-order valence-corrected chi connectivity index (χ1v) is 7.23. The summed E-state index contributed by atoms with van der Waals surface area (Å²) in [6.07, 6.45) is 1.57. The van der Waals surface area contributed by atoms with E-state index in [0.29, 0.717) is 18.2 Å². The zero-order valence-corrected chi connectivity index (χ0v) is 12.5. The standard InChI is InChI=1S/C15H16ClN3O2/c1-18-14(16)9-11(17-18)10-21-13-6-4-12(5-7-13)19-8-2-3-15(19)20/h4-7,9H,2-3,8,10H2,1H3. The molecule has 1 aromatic carbocycles. The number of anilines is 1. The monoisotopic (exact) mass is 305 g/mol. The van der Waals surface area contributed by atoms with Gasteiger partial charge >= 0.3 is 0 Å². The molecule has 1 aliphatic rings. The molecule has 1 aliphatic heterocycles. The van der Waals surface area contributed by atoms with Crippen LogP contribution in [-0.4, -0.2) is 22.2 Å². The summed E-state index contributed by atoms with van der Waals surface area (Å²) in [6.45, 7) is 1.16. The summed E-state index contributed by atoms with van der Waals surface area (Å²) in [5.41, 5.74) is 1.70. The Balaban J connectivity index is 1.63. The highest BCUT2D eigenvalue weighted by molar-refractivity contribution is 6.29. The summed E-state index contributed by atoms with van der Waals surface area (Å²) < 4.78 is 7.27. The average molecular weight is 306 g/mol. The van der Waals surface area contributed by atoms with Crippen LogP contribution >= 0.6 is 11.6 Å². The minimum atomic E-state index is 0.187. The number of ether oxygens (including phenoxy) is 1. The van der Waals surface area contributed by atoms with Crippen molar-refractivity contribution in [1.29, 1.82) is 0 Å². The SMILES string of the molecule is Cn1nc(COc2ccc(N3CCCC3=O)cc2)cc1Cl. The third-order valence-electron chi connectivity index (χ3n) is 3.48. The van der Waals surface area contributed by atoms with Crippen LogP contribution in [0.1, 0.15) is 18.5 Å². The van der Waals surface area contributed by atoms with Crippen molar-refractivity contribution in [3.05, 3.63) is 41.2 Å². The fourth-order valence-electron chi connectivity index (χ4n) is 2.37. The maximum Gasteiger partial charge on any atom is 0.227 e. The van der Waals surface area contributed by atoms with Gasteiger partial charge in [0.1, 0.15) is 23.2 Å². The highest BCUT2D eigenvalue weighted by Crippen LogP contribution is 2.24. The molecule has 1 fully saturated rings. The van der Waals surface area contributed by atoms with Crippen molar-refractivity contribution < 1.29 is 9.53 Å². The predicted octanol–water partition coefficient (Wildman–Crippen LogP) is 2.78. The molecule has 0 aliphatic carbocycles. The first-order chi connectivity index (χ1) is 10.1. The van der Waals surface area contributed by atoms with Crippen LogP contribution in [0.3, 0.4) is 0 Å². The van der Waals surface area contributed by atoms with Crippen LogP contribution in [-0.2, 0) is 18.4 Å². The number of rotatable bonds is 4. The van der Waals surface area contributed by atoms with E-state index in [4.69, 9.17) is 16.3 Å². The van der Waals surface area contributed by atoms with Crippen molar-refractivity contribution in [1.82, 2.24) is 9.78 Å². The molecule has 0 saturated carbocycles. The van der Waals surface area contributed by atoms with Crippen molar-refractivity contribution in [2.75, 3.05) is 11.4 Å². The van der Waals surface area contributed by atoms with E-state index in [9.17, 15) is 4.79 Å². The molecule has 3 rings (SSSR count). The van der Waals surface area contributed by atoms with E-state index in [2.05, 4.69) is 5.10 Å². The highest BCUT2D eigenvalue weighted by atomic mass is 35.5. The molecule has 0 bridgehead atoms. The van der Waals surface area contributed by atoms with Gasteiger partial charge in [-0.05, 0) is 30.7 Å². The van der Waals surface area contributed by atoms with Gasteiger partial charge < -0.3 is 9.64 Å². The lowest BCUT2D eigenvalue weighted by atomic mass is 10.3. The lowest BCUT2D eigenvalue weighted by molar-refractivity contribution is -0.117. The van der Waals surface area contributed by atoms with Crippen molar-refractivity contribution >= 4 is 23.2 Å². The third kappa shape index (κ3) is 3.03. The summed E-state index contributed by atoms with van der Waals surface area (Å²) in [4.78, 5) is 13.5. The Morgan fingerprint density at radius 2 is 2.10 bits per heavy atom. The van der Waals surface area contributed by atoms with Gasteiger partial charge in [-0.2, -0.15) is 5.10 Å². The van der Waals surface area contributed by atoms with Gasteiger partial charge in [-0.15, -0.1) is 0 Å². The summed E-state index contributed by atoms with van der Waals surface area (Å²) in [7, 11) is 1.79. The number of aromatic nitrogens is 2. The zero-order chi connectivity index (χ0) is 14.8. The summed E-state index contributed by atoms with van der Waals surface area (Å²) in [5, 5.41) is 4.80. The van der Waals surface area contributed by atoms with E-state index in [1.165, 1.54) is 0 Å². The molecular weight excluding hydrogens is 290 g/mol. The number of benzene rings is 1. The van der Waals surface area contributed by atoms with Gasteiger partial charge in [0.25, 0.3) is 0 Å². The Morgan fingerprint density at radius 3 is 2.67 bits per heavy atom. The van der Waals surface area contributed by atoms with Gasteiger partial charge in [0, 0.05) is 31.8 Å². The van der Waals surface area contributed by atoms with E-state index < -0.39 is 0 Å². The van der Waals surface area contributed by atoms with Gasteiger partial charge in [-0.1, -0.05) is 11.6 Å². The normalized spacial score (nSPS) is 14.8. The molecule has 0 atom stereocenters. The summed E-state index contributed by atoms with van der Waals surface area (Å²) >= 11 is 5.93. The van der Waals surface area contributed by atoms with Crippen molar-refractivity contribution in [2.24, 2.45) is 7.05 Å². The van der Waals surface area contributed by atoms with Crippen LogP contribution in [0.5, 0.6) is 5.75 Å². The molecule has 21 heavy (non-hydrogen) atoms. The molecular formula is C15H16ClN3O2. The smallest absolute Gasteiger partial charge is 0.227 e. The Kier molecular flexibility index (Phi) is 3.84. The third-order valence-corrected chi connectivity index (χ3v) is 3.84. The van der Waals surface area contributed by atoms with Crippen molar-refractivity contribution in [3.8, 4) is 5.75 Å². The molecule has 1 saturated heterocycles. The van der Waals surface area contributed by atoms with Crippen LogP contribution in [0.2, 0.25) is 5.15 Å². The van der Waals surface area contributed by atoms with Crippen molar-refractivity contribution in [3.63, 3.8) is 0 Å². The fourth-order valence-corrected chi connectivity index (χ4v) is 2.54. The molecule has 0 N–H and O–H groups in total. The zero-order valence-electron chi connectivity index (χ0n) is 11.8. The lowest BCUT2D eigenvalue weighted by Crippen LogP contribution is -2.23. The van der Waals surface area contributed by atoms with Crippen LogP contribution in [0.15, 0.2) is 30.3 Å². The predicted molar refractivity (Wildman–Crippen MR) is 80.6 cm³/mol. The van der Waals surface area contributed by atoms with Gasteiger partial charge in [0.05, 0.1) is 0 Å². The molecule has 0 unspecified atom stereocenters.